The van der Waals surface area contributed by atoms with Crippen molar-refractivity contribution in [2.45, 2.75) is 26.9 Å². The third-order valence-corrected chi connectivity index (χ3v) is 4.32. The number of carbonyl (C=O) groups is 2. The molecule has 0 saturated heterocycles. The molecule has 1 aromatic heterocycles. The average molecular weight is 355 g/mol. The largest absolute Gasteiger partial charge is 0.475 e. The first-order chi connectivity index (χ1) is 12.3. The number of ketones is 1. The molecule has 2 heterocycles. The summed E-state index contributed by atoms with van der Waals surface area (Å²) >= 11 is 0. The highest BCUT2D eigenvalue weighted by molar-refractivity contribution is 6.07. The van der Waals surface area contributed by atoms with E-state index in [1.54, 1.807) is 19.1 Å². The van der Waals surface area contributed by atoms with Crippen LogP contribution in [0.4, 0.5) is 11.6 Å². The van der Waals surface area contributed by atoms with Crippen LogP contribution in [0.15, 0.2) is 30.3 Å². The third-order valence-electron chi connectivity index (χ3n) is 4.32. The summed E-state index contributed by atoms with van der Waals surface area (Å²) in [7, 11) is 0. The summed E-state index contributed by atoms with van der Waals surface area (Å²) in [6, 6.07) is 7.87. The first-order valence-corrected chi connectivity index (χ1v) is 8.02. The SMILES string of the molecule is Cc1ccc(C(=O)CN2C(=O)C(C)Oc3ccc([N+](=O)[O-])nc32)cc1C. The highest BCUT2D eigenvalue weighted by Gasteiger charge is 2.37. The Kier molecular flexibility index (Phi) is 4.41. The van der Waals surface area contributed by atoms with Crippen molar-refractivity contribution < 1.29 is 19.2 Å². The van der Waals surface area contributed by atoms with Gasteiger partial charge in [0.25, 0.3) is 11.7 Å². The van der Waals surface area contributed by atoms with Crippen LogP contribution in [0.1, 0.15) is 28.4 Å². The zero-order chi connectivity index (χ0) is 19.0. The molecule has 1 aliphatic heterocycles. The third kappa shape index (κ3) is 3.13. The van der Waals surface area contributed by atoms with E-state index in [0.29, 0.717) is 5.56 Å². The predicted octanol–water partition coefficient (Wildman–Crippen LogP) is 2.60. The summed E-state index contributed by atoms with van der Waals surface area (Å²) in [5.41, 5.74) is 2.49. The second-order valence-corrected chi connectivity index (χ2v) is 6.15. The summed E-state index contributed by atoms with van der Waals surface area (Å²) in [6.07, 6.45) is -0.807. The molecule has 134 valence electrons. The zero-order valence-corrected chi connectivity index (χ0v) is 14.6. The highest BCUT2D eigenvalue weighted by atomic mass is 16.6. The number of pyridine rings is 1. The molecule has 0 radical (unpaired) electrons. The Morgan fingerprint density at radius 2 is 2.00 bits per heavy atom. The molecule has 0 spiro atoms. The van der Waals surface area contributed by atoms with Gasteiger partial charge in [0.1, 0.15) is 0 Å². The maximum atomic E-state index is 12.7. The van der Waals surface area contributed by atoms with Crippen LogP contribution in [-0.2, 0) is 4.79 Å². The minimum atomic E-state index is -0.807. The molecule has 3 rings (SSSR count). The smallest absolute Gasteiger partial charge is 0.366 e. The molecule has 1 aliphatic rings. The monoisotopic (exact) mass is 355 g/mol. The molecular formula is C18H17N3O5. The second-order valence-electron chi connectivity index (χ2n) is 6.15. The summed E-state index contributed by atoms with van der Waals surface area (Å²) < 4.78 is 5.44. The van der Waals surface area contributed by atoms with Gasteiger partial charge in [-0.2, -0.15) is 0 Å². The van der Waals surface area contributed by atoms with Gasteiger partial charge < -0.3 is 14.9 Å². The number of nitrogens with zero attached hydrogens (tertiary/aromatic N) is 3. The standard InChI is InChI=1S/C18H17N3O5/c1-10-4-5-13(8-11(10)2)14(22)9-20-17-15(26-12(3)18(20)23)6-7-16(19-17)21(24)25/h4-8,12H,9H2,1-3H3. The predicted molar refractivity (Wildman–Crippen MR) is 93.6 cm³/mol. The molecule has 2 aromatic rings. The summed E-state index contributed by atoms with van der Waals surface area (Å²) in [4.78, 5) is 40.5. The minimum absolute atomic E-state index is 0.0144. The highest BCUT2D eigenvalue weighted by Crippen LogP contribution is 2.34. The Bertz CT molecular complexity index is 925. The number of Topliss-reactive ketones (excluding diaryl/α,β-unsaturated/α-hetero) is 1. The second kappa shape index (κ2) is 6.55. The number of aryl methyl sites for hydroxylation is 2. The van der Waals surface area contributed by atoms with Crippen molar-refractivity contribution >= 4 is 23.3 Å². The number of amides is 1. The quantitative estimate of drug-likeness (QED) is 0.474. The van der Waals surface area contributed by atoms with E-state index in [1.807, 2.05) is 19.9 Å². The van der Waals surface area contributed by atoms with Gasteiger partial charge in [-0.15, -0.1) is 0 Å². The van der Waals surface area contributed by atoms with Gasteiger partial charge in [0.15, 0.2) is 17.6 Å². The molecular weight excluding hydrogens is 338 g/mol. The van der Waals surface area contributed by atoms with Gasteiger partial charge in [-0.25, -0.2) is 0 Å². The molecule has 8 nitrogen and oxygen atoms in total. The molecule has 0 aliphatic carbocycles. The molecule has 1 atom stereocenters. The summed E-state index contributed by atoms with van der Waals surface area (Å²) in [5, 5.41) is 11.0. The molecule has 8 heteroatoms. The van der Waals surface area contributed by atoms with E-state index in [2.05, 4.69) is 4.98 Å². The topological polar surface area (TPSA) is 103 Å². The van der Waals surface area contributed by atoms with Gasteiger partial charge in [-0.3, -0.25) is 14.5 Å². The first kappa shape index (κ1) is 17.5. The Morgan fingerprint density at radius 1 is 1.27 bits per heavy atom. The van der Waals surface area contributed by atoms with Crippen molar-refractivity contribution in [3.8, 4) is 5.75 Å². The molecule has 1 aromatic carbocycles. The van der Waals surface area contributed by atoms with E-state index in [9.17, 15) is 19.7 Å². The summed E-state index contributed by atoms with van der Waals surface area (Å²) in [6.45, 7) is 5.13. The fraction of sp³-hybridized carbons (Fsp3) is 0.278. The number of ether oxygens (including phenoxy) is 1. The number of hydrogen-bond acceptors (Lipinski definition) is 6. The molecule has 0 saturated carbocycles. The number of benzene rings is 1. The number of fused-ring (bicyclic) bond motifs is 1. The van der Waals surface area contributed by atoms with Gasteiger partial charge in [0, 0.05) is 11.6 Å². The Morgan fingerprint density at radius 3 is 2.65 bits per heavy atom. The number of rotatable bonds is 4. The molecule has 0 N–H and O–H groups in total. The number of nitro groups is 1. The van der Waals surface area contributed by atoms with Crippen LogP contribution in [0.2, 0.25) is 0 Å². The Balaban J connectivity index is 1.97. The number of anilines is 1. The molecule has 1 amide bonds. The van der Waals surface area contributed by atoms with E-state index in [0.717, 1.165) is 16.0 Å². The van der Waals surface area contributed by atoms with Gasteiger partial charge in [0.05, 0.1) is 6.54 Å². The Labute approximate surface area is 149 Å². The normalized spacial score (nSPS) is 16.0. The van der Waals surface area contributed by atoms with E-state index >= 15 is 0 Å². The van der Waals surface area contributed by atoms with Gasteiger partial charge in [-0.05, 0) is 53.9 Å². The number of carbonyl (C=O) groups excluding carboxylic acids is 2. The van der Waals surface area contributed by atoms with Crippen LogP contribution >= 0.6 is 0 Å². The van der Waals surface area contributed by atoms with Gasteiger partial charge >= 0.3 is 5.82 Å². The van der Waals surface area contributed by atoms with Crippen molar-refractivity contribution in [1.29, 1.82) is 0 Å². The van der Waals surface area contributed by atoms with Gasteiger partial charge in [-0.1, -0.05) is 12.1 Å². The fourth-order valence-electron chi connectivity index (χ4n) is 2.68. The van der Waals surface area contributed by atoms with E-state index in [4.69, 9.17) is 4.74 Å². The van der Waals surface area contributed by atoms with Crippen molar-refractivity contribution in [3.05, 3.63) is 57.1 Å². The van der Waals surface area contributed by atoms with Crippen LogP contribution in [0.5, 0.6) is 5.75 Å². The minimum Gasteiger partial charge on any atom is -0.475 e. The van der Waals surface area contributed by atoms with Crippen molar-refractivity contribution in [2.75, 3.05) is 11.4 Å². The molecule has 26 heavy (non-hydrogen) atoms. The zero-order valence-electron chi connectivity index (χ0n) is 14.6. The van der Waals surface area contributed by atoms with E-state index < -0.39 is 22.8 Å². The Hall–Kier alpha value is -3.29. The maximum absolute atomic E-state index is 12.7. The fourth-order valence-corrected chi connectivity index (χ4v) is 2.68. The summed E-state index contributed by atoms with van der Waals surface area (Å²) in [5.74, 6) is -0.953. The lowest BCUT2D eigenvalue weighted by Gasteiger charge is -2.28. The lowest BCUT2D eigenvalue weighted by molar-refractivity contribution is -0.389. The molecule has 0 fully saturated rings. The van der Waals surface area contributed by atoms with Crippen LogP contribution in [-0.4, -0.2) is 34.2 Å². The van der Waals surface area contributed by atoms with Crippen molar-refractivity contribution in [1.82, 2.24) is 4.98 Å². The molecule has 1 unspecified atom stereocenters. The lowest BCUT2D eigenvalue weighted by Crippen LogP contribution is -2.47. The van der Waals surface area contributed by atoms with E-state index in [1.165, 1.54) is 12.1 Å². The number of aromatic nitrogens is 1. The van der Waals surface area contributed by atoms with Crippen LogP contribution in [0.25, 0.3) is 0 Å². The molecule has 0 bridgehead atoms. The van der Waals surface area contributed by atoms with Crippen LogP contribution in [0, 0.1) is 24.0 Å². The number of hydrogen-bond donors (Lipinski definition) is 0. The first-order valence-electron chi connectivity index (χ1n) is 8.02. The maximum Gasteiger partial charge on any atom is 0.366 e. The van der Waals surface area contributed by atoms with Crippen molar-refractivity contribution in [2.24, 2.45) is 0 Å². The van der Waals surface area contributed by atoms with Crippen LogP contribution in [0.3, 0.4) is 0 Å². The average Bonchev–Trinajstić information content (AvgIpc) is 2.60. The van der Waals surface area contributed by atoms with E-state index in [-0.39, 0.29) is 23.9 Å². The van der Waals surface area contributed by atoms with Gasteiger partial charge in [0.2, 0.25) is 0 Å². The van der Waals surface area contributed by atoms with Crippen LogP contribution < -0.4 is 9.64 Å². The lowest BCUT2D eigenvalue weighted by atomic mass is 10.0. The van der Waals surface area contributed by atoms with Crippen molar-refractivity contribution in [3.63, 3.8) is 0 Å².